The Bertz CT molecular complexity index is 2020. The zero-order valence-electron chi connectivity index (χ0n) is 31.1. The molecule has 0 bridgehead atoms. The number of aryl methyl sites for hydroxylation is 1. The van der Waals surface area contributed by atoms with Crippen molar-refractivity contribution in [1.82, 2.24) is 10.2 Å². The summed E-state index contributed by atoms with van der Waals surface area (Å²) in [5.74, 6) is 0. The van der Waals surface area contributed by atoms with E-state index in [9.17, 15) is 0 Å². The van der Waals surface area contributed by atoms with Crippen molar-refractivity contribution in [1.29, 1.82) is 0 Å². The Hall–Kier alpha value is -4.73. The largest absolute Gasteiger partial charge is 0.374 e. The topological polar surface area (TPSA) is 71.9 Å². The molecule has 7 rings (SSSR count). The van der Waals surface area contributed by atoms with Gasteiger partial charge >= 0.3 is 0 Å². The molecule has 1 aromatic heterocycles. The summed E-state index contributed by atoms with van der Waals surface area (Å²) in [6.07, 6.45) is -1.33. The number of hydrogen-bond acceptors (Lipinski definition) is 7. The number of aromatic nitrogens is 2. The summed E-state index contributed by atoms with van der Waals surface area (Å²) < 4.78 is 34.3. The average Bonchev–Trinajstić information content (AvgIpc) is 3.24. The Morgan fingerprint density at radius 1 is 0.545 bits per heavy atom. The third-order valence-electron chi connectivity index (χ3n) is 9.79. The van der Waals surface area contributed by atoms with Crippen LogP contribution in [0.25, 0.3) is 0 Å². The van der Waals surface area contributed by atoms with Crippen LogP contribution in [-0.2, 0) is 63.0 Å². The molecule has 5 atom stereocenters. The van der Waals surface area contributed by atoms with Gasteiger partial charge in [-0.3, -0.25) is 0 Å². The van der Waals surface area contributed by atoms with Crippen molar-refractivity contribution in [3.8, 4) is 0 Å². The molecule has 7 nitrogen and oxygen atoms in total. The molecule has 0 spiro atoms. The van der Waals surface area contributed by atoms with Crippen LogP contribution in [0.2, 0.25) is 5.02 Å². The third-order valence-corrected chi connectivity index (χ3v) is 10.2. The lowest BCUT2D eigenvalue weighted by Crippen LogP contribution is -2.58. The molecule has 1 saturated heterocycles. The van der Waals surface area contributed by atoms with Gasteiger partial charge in [0.2, 0.25) is 0 Å². The van der Waals surface area contributed by atoms with E-state index in [-0.39, 0.29) is 6.61 Å². The minimum atomic E-state index is -0.562. The van der Waals surface area contributed by atoms with Gasteiger partial charge in [-0.15, -0.1) is 0 Å². The van der Waals surface area contributed by atoms with Crippen LogP contribution in [0.5, 0.6) is 0 Å². The van der Waals surface area contributed by atoms with Crippen molar-refractivity contribution < 1.29 is 23.7 Å². The van der Waals surface area contributed by atoms with E-state index in [1.165, 1.54) is 0 Å². The van der Waals surface area contributed by atoms with Crippen LogP contribution in [0, 0.1) is 0 Å². The van der Waals surface area contributed by atoms with E-state index < -0.39 is 30.5 Å². The highest BCUT2D eigenvalue weighted by molar-refractivity contribution is 6.31. The lowest BCUT2D eigenvalue weighted by Gasteiger charge is -2.46. The molecule has 1 aliphatic heterocycles. The minimum Gasteiger partial charge on any atom is -0.374 e. The van der Waals surface area contributed by atoms with E-state index in [0.29, 0.717) is 37.9 Å². The summed E-state index contributed by atoms with van der Waals surface area (Å²) in [7, 11) is 0. The van der Waals surface area contributed by atoms with E-state index in [0.717, 1.165) is 51.2 Å². The predicted octanol–water partition coefficient (Wildman–Crippen LogP) is 9.70. The maximum atomic E-state index is 7.14. The lowest BCUT2D eigenvalue weighted by molar-refractivity contribution is -0.275. The summed E-state index contributed by atoms with van der Waals surface area (Å²) in [5.41, 5.74) is 7.85. The molecule has 282 valence electrons. The van der Waals surface area contributed by atoms with Crippen molar-refractivity contribution in [3.05, 3.63) is 201 Å². The van der Waals surface area contributed by atoms with Crippen LogP contribution in [0.1, 0.15) is 57.8 Å². The quantitative estimate of drug-likeness (QED) is 0.0919. The van der Waals surface area contributed by atoms with Crippen molar-refractivity contribution in [2.24, 2.45) is 0 Å². The first-order chi connectivity index (χ1) is 27.1. The third kappa shape index (κ3) is 10.7. The van der Waals surface area contributed by atoms with Gasteiger partial charge in [-0.05, 0) is 58.0 Å². The van der Waals surface area contributed by atoms with Gasteiger partial charge < -0.3 is 23.7 Å². The molecule has 1 aliphatic rings. The van der Waals surface area contributed by atoms with Crippen LogP contribution in [-0.4, -0.2) is 41.2 Å². The summed E-state index contributed by atoms with van der Waals surface area (Å²) >= 11 is 6.86. The van der Waals surface area contributed by atoms with Crippen molar-refractivity contribution in [2.75, 3.05) is 6.61 Å². The fourth-order valence-corrected chi connectivity index (χ4v) is 7.01. The van der Waals surface area contributed by atoms with Crippen LogP contribution in [0.3, 0.4) is 0 Å². The smallest absolute Gasteiger partial charge is 0.117 e. The number of rotatable bonds is 17. The van der Waals surface area contributed by atoms with Crippen LogP contribution in [0.15, 0.2) is 152 Å². The molecule has 0 N–H and O–H groups in total. The Labute approximate surface area is 329 Å². The zero-order chi connectivity index (χ0) is 37.7. The first-order valence-corrected chi connectivity index (χ1v) is 19.3. The number of ether oxygens (including phenoxy) is 5. The Morgan fingerprint density at radius 3 is 1.56 bits per heavy atom. The van der Waals surface area contributed by atoms with E-state index in [4.69, 9.17) is 35.3 Å². The van der Waals surface area contributed by atoms with Gasteiger partial charge in [-0.25, -0.2) is 0 Å². The second-order valence-electron chi connectivity index (χ2n) is 13.8. The Morgan fingerprint density at radius 2 is 1.04 bits per heavy atom. The number of nitrogens with zero attached hydrogens (tertiary/aromatic N) is 2. The maximum absolute atomic E-state index is 7.14. The van der Waals surface area contributed by atoms with Gasteiger partial charge in [0, 0.05) is 11.4 Å². The summed E-state index contributed by atoms with van der Waals surface area (Å²) in [6, 6.07) is 50.7. The van der Waals surface area contributed by atoms with E-state index in [1.807, 2.05) is 97.1 Å². The predicted molar refractivity (Wildman–Crippen MR) is 214 cm³/mol. The standard InChI is InChI=1S/C47H47ClN2O5/c1-2-40-24-25-41(50-49-40)28-39-27-38(23-26-42(39)48)44-46(53-31-36-19-11-5-12-20-36)47(54-32-37-21-13-6-14-22-37)45(52-30-35-17-9-4-10-18-35)43(55-44)33-51-29-34-15-7-3-8-16-34/h3-27,43-47H,2,28-33H2,1H3. The molecule has 1 fully saturated rings. The van der Waals surface area contributed by atoms with Gasteiger partial charge in [0.25, 0.3) is 0 Å². The van der Waals surface area contributed by atoms with Crippen LogP contribution >= 0.6 is 11.6 Å². The minimum absolute atomic E-state index is 0.279. The highest BCUT2D eigenvalue weighted by Gasteiger charge is 2.49. The van der Waals surface area contributed by atoms with Crippen molar-refractivity contribution in [3.63, 3.8) is 0 Å². The first kappa shape index (κ1) is 38.5. The van der Waals surface area contributed by atoms with Gasteiger partial charge in [-0.2, -0.15) is 10.2 Å². The maximum Gasteiger partial charge on any atom is 0.117 e. The first-order valence-electron chi connectivity index (χ1n) is 19.0. The number of hydrogen-bond donors (Lipinski definition) is 0. The molecule has 8 heteroatoms. The zero-order valence-corrected chi connectivity index (χ0v) is 31.8. The summed E-state index contributed by atoms with van der Waals surface area (Å²) in [5, 5.41) is 9.51. The summed E-state index contributed by atoms with van der Waals surface area (Å²) in [4.78, 5) is 0. The molecule has 0 amide bonds. The second kappa shape index (κ2) is 19.7. The molecule has 6 aromatic rings. The second-order valence-corrected chi connectivity index (χ2v) is 14.2. The lowest BCUT2D eigenvalue weighted by atomic mass is 9.89. The Kier molecular flexibility index (Phi) is 13.8. The molecule has 2 heterocycles. The highest BCUT2D eigenvalue weighted by atomic mass is 35.5. The number of halogens is 1. The molecule has 5 aromatic carbocycles. The van der Waals surface area contributed by atoms with Gasteiger partial charge in [0.05, 0.1) is 44.4 Å². The van der Waals surface area contributed by atoms with Gasteiger partial charge in [0.15, 0.2) is 0 Å². The molecule has 0 radical (unpaired) electrons. The highest BCUT2D eigenvalue weighted by Crippen LogP contribution is 2.40. The van der Waals surface area contributed by atoms with E-state index in [2.05, 4.69) is 71.7 Å². The SMILES string of the molecule is CCc1ccc(Cc2cc(C3OC(COCc4ccccc4)C(OCc4ccccc4)C(OCc4ccccc4)C3OCc3ccccc3)ccc2Cl)nn1. The van der Waals surface area contributed by atoms with Crippen LogP contribution in [0.4, 0.5) is 0 Å². The number of benzene rings is 5. The van der Waals surface area contributed by atoms with E-state index in [1.54, 1.807) is 0 Å². The molecule has 5 unspecified atom stereocenters. The monoisotopic (exact) mass is 754 g/mol. The fraction of sp³-hybridized carbons (Fsp3) is 0.277. The van der Waals surface area contributed by atoms with Crippen molar-refractivity contribution in [2.45, 2.75) is 76.7 Å². The summed E-state index contributed by atoms with van der Waals surface area (Å²) in [6.45, 7) is 3.87. The van der Waals surface area contributed by atoms with Crippen LogP contribution < -0.4 is 0 Å². The fourth-order valence-electron chi connectivity index (χ4n) is 6.83. The normalized spacial score (nSPS) is 19.6. The molecular formula is C47H47ClN2O5. The molecule has 55 heavy (non-hydrogen) atoms. The van der Waals surface area contributed by atoms with E-state index >= 15 is 0 Å². The average molecular weight is 755 g/mol. The van der Waals surface area contributed by atoms with Gasteiger partial charge in [0.1, 0.15) is 30.5 Å². The molecular weight excluding hydrogens is 708 g/mol. The van der Waals surface area contributed by atoms with Crippen molar-refractivity contribution >= 4 is 11.6 Å². The van der Waals surface area contributed by atoms with Gasteiger partial charge in [-0.1, -0.05) is 152 Å². The molecule has 0 aliphatic carbocycles. The molecule has 0 saturated carbocycles. The Balaban J connectivity index is 1.25.